The fraction of sp³-hybridized carbons (Fsp3) is 0.364. The molecule has 0 radical (unpaired) electrons. The number of carbonyl (C=O) groups is 2. The highest BCUT2D eigenvalue weighted by molar-refractivity contribution is 5.79. The number of alkyl carbamates (subject to hydrolysis) is 1. The van der Waals surface area contributed by atoms with Crippen molar-refractivity contribution in [3.63, 3.8) is 0 Å². The molecule has 0 atom stereocenters. The minimum absolute atomic E-state index is 0.0249. The third-order valence-corrected chi connectivity index (χ3v) is 5.59. The molecule has 0 aliphatic heterocycles. The first-order chi connectivity index (χ1) is 13.3. The second-order valence-corrected chi connectivity index (χ2v) is 7.18. The standard InChI is InChI=1S/C22H23NO4/c24-14-27-16-11-9-15(10-12-16)23-22(25)26-13-21-19-7-3-1-5-17(19)18-6-2-4-8-20(18)21/h1-8,14-16,21H,9-13H2,(H,23,25). The van der Waals surface area contributed by atoms with Crippen molar-refractivity contribution in [1.82, 2.24) is 5.32 Å². The Balaban J connectivity index is 1.35. The summed E-state index contributed by atoms with van der Waals surface area (Å²) in [6.45, 7) is 0.827. The first kappa shape index (κ1) is 17.6. The smallest absolute Gasteiger partial charge is 0.407 e. The van der Waals surface area contributed by atoms with Gasteiger partial charge in [-0.2, -0.15) is 0 Å². The van der Waals surface area contributed by atoms with Gasteiger partial charge in [0.15, 0.2) is 0 Å². The predicted molar refractivity (Wildman–Crippen MR) is 101 cm³/mol. The Morgan fingerprint density at radius 2 is 1.56 bits per heavy atom. The molecule has 1 amide bonds. The van der Waals surface area contributed by atoms with Crippen LogP contribution in [0.5, 0.6) is 0 Å². The lowest BCUT2D eigenvalue weighted by molar-refractivity contribution is -0.135. The monoisotopic (exact) mass is 365 g/mol. The fourth-order valence-corrected chi connectivity index (χ4v) is 4.23. The predicted octanol–water partition coefficient (Wildman–Crippen LogP) is 4.01. The quantitative estimate of drug-likeness (QED) is 0.813. The summed E-state index contributed by atoms with van der Waals surface area (Å²) >= 11 is 0. The van der Waals surface area contributed by atoms with E-state index >= 15 is 0 Å². The maximum atomic E-state index is 12.3. The van der Waals surface area contributed by atoms with Crippen LogP contribution in [0.4, 0.5) is 4.79 Å². The molecule has 1 fully saturated rings. The van der Waals surface area contributed by atoms with E-state index < -0.39 is 0 Å². The molecule has 0 aromatic heterocycles. The Hall–Kier alpha value is -2.82. The molecule has 0 heterocycles. The van der Waals surface area contributed by atoms with Crippen LogP contribution in [0.15, 0.2) is 48.5 Å². The summed E-state index contributed by atoms with van der Waals surface area (Å²) in [4.78, 5) is 22.7. The molecule has 1 saturated carbocycles. The molecular formula is C22H23NO4. The van der Waals surface area contributed by atoms with E-state index in [0.717, 1.165) is 25.7 Å². The molecule has 0 unspecified atom stereocenters. The van der Waals surface area contributed by atoms with Crippen LogP contribution in [0.3, 0.4) is 0 Å². The van der Waals surface area contributed by atoms with Crippen LogP contribution in [0, 0.1) is 0 Å². The Morgan fingerprint density at radius 1 is 0.963 bits per heavy atom. The van der Waals surface area contributed by atoms with Gasteiger partial charge in [-0.15, -0.1) is 0 Å². The second kappa shape index (κ2) is 7.82. The molecule has 4 rings (SSSR count). The third kappa shape index (κ3) is 3.68. The summed E-state index contributed by atoms with van der Waals surface area (Å²) in [6, 6.07) is 16.7. The van der Waals surface area contributed by atoms with Crippen LogP contribution < -0.4 is 5.32 Å². The van der Waals surface area contributed by atoms with Crippen molar-refractivity contribution in [3.8, 4) is 11.1 Å². The van der Waals surface area contributed by atoms with Crippen LogP contribution in [0.2, 0.25) is 0 Å². The molecule has 2 aliphatic carbocycles. The van der Waals surface area contributed by atoms with E-state index in [0.29, 0.717) is 13.1 Å². The first-order valence-electron chi connectivity index (χ1n) is 9.47. The number of carbonyl (C=O) groups excluding carboxylic acids is 2. The molecule has 5 nitrogen and oxygen atoms in total. The number of hydrogen-bond acceptors (Lipinski definition) is 4. The summed E-state index contributed by atoms with van der Waals surface area (Å²) in [7, 11) is 0. The van der Waals surface area contributed by atoms with E-state index in [1.807, 2.05) is 24.3 Å². The third-order valence-electron chi connectivity index (χ3n) is 5.59. The van der Waals surface area contributed by atoms with Gasteiger partial charge in [0.05, 0.1) is 0 Å². The van der Waals surface area contributed by atoms with Crippen molar-refractivity contribution < 1.29 is 19.1 Å². The number of rotatable bonds is 5. The van der Waals surface area contributed by atoms with E-state index in [9.17, 15) is 9.59 Å². The molecule has 27 heavy (non-hydrogen) atoms. The van der Waals surface area contributed by atoms with E-state index in [1.165, 1.54) is 22.3 Å². The summed E-state index contributed by atoms with van der Waals surface area (Å²) in [5, 5.41) is 2.95. The van der Waals surface area contributed by atoms with Gasteiger partial charge in [0.2, 0.25) is 0 Å². The number of ether oxygens (including phenoxy) is 2. The molecule has 5 heteroatoms. The Labute approximate surface area is 158 Å². The first-order valence-corrected chi connectivity index (χ1v) is 9.47. The normalized spacial score (nSPS) is 21.0. The minimum atomic E-state index is -0.378. The summed E-state index contributed by atoms with van der Waals surface area (Å²) < 4.78 is 10.6. The molecule has 0 spiro atoms. The highest BCUT2D eigenvalue weighted by Crippen LogP contribution is 2.44. The molecule has 2 aromatic rings. The largest absolute Gasteiger partial charge is 0.465 e. The Morgan fingerprint density at radius 3 is 2.15 bits per heavy atom. The van der Waals surface area contributed by atoms with Crippen LogP contribution in [0.1, 0.15) is 42.7 Å². The second-order valence-electron chi connectivity index (χ2n) is 7.18. The molecule has 0 bridgehead atoms. The van der Waals surface area contributed by atoms with Gasteiger partial charge in [0.25, 0.3) is 6.47 Å². The summed E-state index contributed by atoms with van der Waals surface area (Å²) in [5.41, 5.74) is 4.85. The Bertz CT molecular complexity index is 781. The zero-order chi connectivity index (χ0) is 18.6. The average molecular weight is 365 g/mol. The molecule has 2 aliphatic rings. The van der Waals surface area contributed by atoms with E-state index in [-0.39, 0.29) is 24.2 Å². The molecular weight excluding hydrogens is 342 g/mol. The van der Waals surface area contributed by atoms with Crippen molar-refractivity contribution in [2.24, 2.45) is 0 Å². The molecule has 140 valence electrons. The number of amides is 1. The lowest BCUT2D eigenvalue weighted by Crippen LogP contribution is -2.39. The maximum absolute atomic E-state index is 12.3. The van der Waals surface area contributed by atoms with Gasteiger partial charge in [-0.25, -0.2) is 4.79 Å². The molecule has 0 saturated heterocycles. The van der Waals surface area contributed by atoms with Crippen LogP contribution in [0.25, 0.3) is 11.1 Å². The fourth-order valence-electron chi connectivity index (χ4n) is 4.23. The summed E-state index contributed by atoms with van der Waals surface area (Å²) in [6.07, 6.45) is 2.73. The van der Waals surface area contributed by atoms with Gasteiger partial charge in [-0.05, 0) is 47.9 Å². The van der Waals surface area contributed by atoms with E-state index in [4.69, 9.17) is 9.47 Å². The van der Waals surface area contributed by atoms with Crippen LogP contribution >= 0.6 is 0 Å². The van der Waals surface area contributed by atoms with E-state index in [2.05, 4.69) is 29.6 Å². The summed E-state index contributed by atoms with van der Waals surface area (Å²) in [5.74, 6) is 0.0693. The van der Waals surface area contributed by atoms with Gasteiger partial charge >= 0.3 is 6.09 Å². The van der Waals surface area contributed by atoms with Gasteiger partial charge < -0.3 is 14.8 Å². The van der Waals surface area contributed by atoms with Crippen LogP contribution in [-0.4, -0.2) is 31.3 Å². The van der Waals surface area contributed by atoms with Crippen molar-refractivity contribution in [2.75, 3.05) is 6.61 Å². The topological polar surface area (TPSA) is 64.6 Å². The zero-order valence-corrected chi connectivity index (χ0v) is 15.1. The highest BCUT2D eigenvalue weighted by Gasteiger charge is 2.29. The number of hydrogen-bond donors (Lipinski definition) is 1. The number of fused-ring (bicyclic) bond motifs is 3. The highest BCUT2D eigenvalue weighted by atomic mass is 16.5. The SMILES string of the molecule is O=COC1CCC(NC(=O)OCC2c3ccccc3-c3ccccc32)CC1. The Kier molecular flexibility index (Phi) is 5.10. The van der Waals surface area contributed by atoms with Crippen molar-refractivity contribution in [3.05, 3.63) is 59.7 Å². The molecule has 2 aromatic carbocycles. The lowest BCUT2D eigenvalue weighted by atomic mass is 9.93. The van der Waals surface area contributed by atoms with Gasteiger partial charge in [-0.1, -0.05) is 48.5 Å². The van der Waals surface area contributed by atoms with Crippen molar-refractivity contribution in [1.29, 1.82) is 0 Å². The average Bonchev–Trinajstić information content (AvgIpc) is 3.02. The van der Waals surface area contributed by atoms with Crippen molar-refractivity contribution in [2.45, 2.75) is 43.7 Å². The minimum Gasteiger partial charge on any atom is -0.465 e. The van der Waals surface area contributed by atoms with Gasteiger partial charge in [0, 0.05) is 12.0 Å². The lowest BCUT2D eigenvalue weighted by Gasteiger charge is -2.27. The number of nitrogens with one attached hydrogen (secondary N) is 1. The van der Waals surface area contributed by atoms with Gasteiger partial charge in [-0.3, -0.25) is 4.79 Å². The maximum Gasteiger partial charge on any atom is 0.407 e. The van der Waals surface area contributed by atoms with Crippen molar-refractivity contribution >= 4 is 12.6 Å². The zero-order valence-electron chi connectivity index (χ0n) is 15.1. The van der Waals surface area contributed by atoms with E-state index in [1.54, 1.807) is 0 Å². The van der Waals surface area contributed by atoms with Gasteiger partial charge in [0.1, 0.15) is 12.7 Å². The van der Waals surface area contributed by atoms with Crippen LogP contribution in [-0.2, 0) is 14.3 Å². The molecule has 1 N–H and O–H groups in total. The number of benzene rings is 2.